The Morgan fingerprint density at radius 3 is 2.12 bits per heavy atom. The number of hydrogen-bond donors (Lipinski definition) is 6. The zero-order valence-corrected chi connectivity index (χ0v) is 35.3. The average Bonchev–Trinajstić information content (AvgIpc) is 3.21. The maximum atomic E-state index is 14.8. The molecule has 0 saturated carbocycles. The third-order valence-corrected chi connectivity index (χ3v) is 11.4. The standard InChI is InChI=1S/C38H60N8O14/c1-20(2)17-24-13-14-38(55,60-23(24)6)37(7,54)36(53)42-29-30(21(3)4)59-35(52)22(5)45(56)32(49)25-11-9-15-40-43(25)28(47)18-39-31(48)27(19-58-8)46(57)33(50)26-12-10-16-41-44(26)34(29)51/h15-16,20-27,29-30,54-57H,9-14,17-19H2,1-8H3,(H,39,48)(H,42,53)/t22-,23+,24+,25-,26+,27+,29-,30+,37-,38-/m1/s1. The number of methoxy groups -OCH3 is 1. The Morgan fingerprint density at radius 1 is 0.967 bits per heavy atom. The van der Waals surface area contributed by atoms with Crippen LogP contribution in [0.15, 0.2) is 10.2 Å². The van der Waals surface area contributed by atoms with Gasteiger partial charge in [0.25, 0.3) is 29.5 Å². The molecular weight excluding hydrogens is 792 g/mol. The predicted octanol–water partition coefficient (Wildman–Crippen LogP) is -0.738. The lowest BCUT2D eigenvalue weighted by atomic mass is 9.79. The van der Waals surface area contributed by atoms with Gasteiger partial charge in [-0.3, -0.25) is 39.2 Å². The molecule has 0 bridgehead atoms. The summed E-state index contributed by atoms with van der Waals surface area (Å²) in [4.78, 5) is 97.2. The van der Waals surface area contributed by atoms with Gasteiger partial charge in [-0.2, -0.15) is 10.2 Å². The van der Waals surface area contributed by atoms with Crippen molar-refractivity contribution in [2.24, 2.45) is 28.0 Å². The van der Waals surface area contributed by atoms with Crippen LogP contribution < -0.4 is 10.6 Å². The van der Waals surface area contributed by atoms with Crippen molar-refractivity contribution >= 4 is 53.8 Å². The van der Waals surface area contributed by atoms with Crippen LogP contribution in [-0.2, 0) is 47.8 Å². The number of carbonyl (C=O) groups excluding carboxylic acids is 7. The molecule has 0 radical (unpaired) electrons. The van der Waals surface area contributed by atoms with Crippen molar-refractivity contribution in [1.29, 1.82) is 0 Å². The van der Waals surface area contributed by atoms with Crippen LogP contribution in [0.25, 0.3) is 0 Å². The van der Waals surface area contributed by atoms with Gasteiger partial charge in [0.1, 0.15) is 24.2 Å². The van der Waals surface area contributed by atoms with Crippen LogP contribution in [0.4, 0.5) is 0 Å². The highest BCUT2D eigenvalue weighted by molar-refractivity contribution is 5.97. The number of hydroxylamine groups is 4. The Bertz CT molecular complexity index is 1690. The Kier molecular flexibility index (Phi) is 15.9. The number of aliphatic hydroxyl groups is 2. The summed E-state index contributed by atoms with van der Waals surface area (Å²) in [5.74, 6) is -11.2. The van der Waals surface area contributed by atoms with Gasteiger partial charge in [0.2, 0.25) is 11.7 Å². The lowest BCUT2D eigenvalue weighted by Gasteiger charge is -2.47. The smallest absolute Gasteiger partial charge is 0.331 e. The molecule has 0 aromatic heterocycles. The molecule has 0 spiro atoms. The van der Waals surface area contributed by atoms with Gasteiger partial charge in [0.05, 0.1) is 19.3 Å². The Hall–Kier alpha value is -4.61. The fraction of sp³-hybridized carbons (Fsp3) is 0.763. The lowest BCUT2D eigenvalue weighted by molar-refractivity contribution is -0.326. The fourth-order valence-corrected chi connectivity index (χ4v) is 7.65. The van der Waals surface area contributed by atoms with E-state index in [1.165, 1.54) is 33.4 Å². The molecule has 336 valence electrons. The van der Waals surface area contributed by atoms with E-state index in [0.29, 0.717) is 17.3 Å². The molecule has 6 amide bonds. The molecule has 0 aromatic rings. The number of nitrogens with zero attached hydrogens (tertiary/aromatic N) is 6. The molecule has 4 heterocycles. The van der Waals surface area contributed by atoms with Crippen molar-refractivity contribution in [3.05, 3.63) is 0 Å². The van der Waals surface area contributed by atoms with Crippen molar-refractivity contribution in [2.45, 2.75) is 147 Å². The zero-order chi connectivity index (χ0) is 44.9. The van der Waals surface area contributed by atoms with E-state index in [2.05, 4.69) is 20.8 Å². The van der Waals surface area contributed by atoms with Crippen LogP contribution in [0.3, 0.4) is 0 Å². The lowest BCUT2D eigenvalue weighted by Crippen LogP contribution is -2.68. The number of esters is 1. The number of ether oxygens (including phenoxy) is 3. The Morgan fingerprint density at radius 2 is 1.55 bits per heavy atom. The summed E-state index contributed by atoms with van der Waals surface area (Å²) in [6, 6.07) is -8.65. The highest BCUT2D eigenvalue weighted by Gasteiger charge is 2.57. The minimum Gasteiger partial charge on any atom is -0.458 e. The van der Waals surface area contributed by atoms with E-state index in [9.17, 15) is 54.2 Å². The van der Waals surface area contributed by atoms with Crippen LogP contribution in [0.2, 0.25) is 0 Å². The van der Waals surface area contributed by atoms with E-state index in [1.807, 2.05) is 13.8 Å². The molecule has 60 heavy (non-hydrogen) atoms. The Balaban J connectivity index is 1.80. The minimum atomic E-state index is -2.74. The summed E-state index contributed by atoms with van der Waals surface area (Å²) in [6.07, 6.45) is 1.39. The maximum absolute atomic E-state index is 14.8. The summed E-state index contributed by atoms with van der Waals surface area (Å²) in [5, 5.41) is 60.0. The number of hydrazone groups is 2. The minimum absolute atomic E-state index is 0.00281. The van der Waals surface area contributed by atoms with Crippen LogP contribution in [0.1, 0.15) is 93.4 Å². The fourth-order valence-electron chi connectivity index (χ4n) is 7.65. The van der Waals surface area contributed by atoms with Crippen molar-refractivity contribution in [3.8, 4) is 0 Å². The summed E-state index contributed by atoms with van der Waals surface area (Å²) in [6.45, 7) is 9.51. The molecule has 0 unspecified atom stereocenters. The van der Waals surface area contributed by atoms with E-state index < -0.39 is 114 Å². The van der Waals surface area contributed by atoms with Crippen molar-refractivity contribution in [2.75, 3.05) is 20.3 Å². The molecule has 22 nitrogen and oxygen atoms in total. The zero-order valence-electron chi connectivity index (χ0n) is 35.3. The number of rotatable bonds is 8. The van der Waals surface area contributed by atoms with Crippen molar-refractivity contribution < 1.29 is 68.4 Å². The van der Waals surface area contributed by atoms with Gasteiger partial charge < -0.3 is 35.1 Å². The third kappa shape index (κ3) is 10.3. The summed E-state index contributed by atoms with van der Waals surface area (Å²) >= 11 is 0. The number of carbonyl (C=O) groups is 7. The second-order valence-corrected chi connectivity index (χ2v) is 16.6. The largest absolute Gasteiger partial charge is 0.458 e. The SMILES string of the molecule is COC[C@H]1C(=O)NCC(=O)N2N=CCC[C@@H]2C(=O)N(O)[C@H](C)C(=O)O[C@@H](C(C)C)[C@@H](NC(=O)[C@@](C)(O)[C@@]2(O)CC[C@@H](CC(C)C)[C@H](C)O2)C(=O)N2N=CCC[C@H]2C(=O)N1O. The van der Waals surface area contributed by atoms with Gasteiger partial charge in [-0.05, 0) is 77.0 Å². The highest BCUT2D eigenvalue weighted by atomic mass is 16.6. The summed E-state index contributed by atoms with van der Waals surface area (Å²) in [5.41, 5.74) is -2.74. The first-order chi connectivity index (χ1) is 28.1. The van der Waals surface area contributed by atoms with E-state index >= 15 is 0 Å². The number of nitrogens with one attached hydrogen (secondary N) is 2. The van der Waals surface area contributed by atoms with Gasteiger partial charge in [-0.25, -0.2) is 24.9 Å². The van der Waals surface area contributed by atoms with Crippen LogP contribution >= 0.6 is 0 Å². The topological polar surface area (TPSA) is 290 Å². The number of cyclic esters (lactones) is 1. The highest BCUT2D eigenvalue weighted by Crippen LogP contribution is 2.40. The van der Waals surface area contributed by atoms with Crippen LogP contribution in [0.5, 0.6) is 0 Å². The maximum Gasteiger partial charge on any atom is 0.331 e. The second kappa shape index (κ2) is 19.8. The Labute approximate surface area is 348 Å². The first-order valence-corrected chi connectivity index (χ1v) is 20.2. The predicted molar refractivity (Wildman–Crippen MR) is 207 cm³/mol. The normalized spacial score (nSPS) is 32.8. The quantitative estimate of drug-likeness (QED) is 0.130. The van der Waals surface area contributed by atoms with Gasteiger partial charge >= 0.3 is 5.97 Å². The number of amides is 6. The van der Waals surface area contributed by atoms with Crippen molar-refractivity contribution in [3.63, 3.8) is 0 Å². The summed E-state index contributed by atoms with van der Waals surface area (Å²) < 4.78 is 16.8. The molecular formula is C38H60N8O14. The van der Waals surface area contributed by atoms with Gasteiger partial charge in [0.15, 0.2) is 17.7 Å². The molecule has 22 heteroatoms. The summed E-state index contributed by atoms with van der Waals surface area (Å²) in [7, 11) is 1.18. The van der Waals surface area contributed by atoms with E-state index in [0.717, 1.165) is 25.3 Å². The molecule has 4 aliphatic heterocycles. The second-order valence-electron chi connectivity index (χ2n) is 16.6. The van der Waals surface area contributed by atoms with Gasteiger partial charge in [0, 0.05) is 26.0 Å². The first kappa shape index (κ1) is 48.1. The molecule has 10 atom stereocenters. The molecule has 6 N–H and O–H groups in total. The van der Waals surface area contributed by atoms with Gasteiger partial charge in [-0.15, -0.1) is 0 Å². The number of hydrogen-bond acceptors (Lipinski definition) is 16. The van der Waals surface area contributed by atoms with Crippen LogP contribution in [0, 0.1) is 17.8 Å². The van der Waals surface area contributed by atoms with E-state index in [4.69, 9.17) is 14.2 Å². The van der Waals surface area contributed by atoms with E-state index in [-0.39, 0.29) is 48.1 Å². The molecule has 4 rings (SSSR count). The third-order valence-electron chi connectivity index (χ3n) is 11.4. The first-order valence-electron chi connectivity index (χ1n) is 20.2. The van der Waals surface area contributed by atoms with E-state index in [1.54, 1.807) is 6.92 Å². The van der Waals surface area contributed by atoms with Crippen LogP contribution in [-0.4, -0.2) is 169 Å². The van der Waals surface area contributed by atoms with Gasteiger partial charge in [-0.1, -0.05) is 27.7 Å². The molecule has 2 saturated heterocycles. The molecule has 0 aliphatic carbocycles. The molecule has 2 fully saturated rings. The number of fused-ring (bicyclic) bond motifs is 2. The monoisotopic (exact) mass is 852 g/mol. The molecule has 0 aromatic carbocycles. The molecule has 4 aliphatic rings. The van der Waals surface area contributed by atoms with Crippen molar-refractivity contribution in [1.82, 2.24) is 30.8 Å². The average molecular weight is 853 g/mol.